The van der Waals surface area contributed by atoms with Gasteiger partial charge in [0.2, 0.25) is 0 Å². The van der Waals surface area contributed by atoms with Gasteiger partial charge in [-0.05, 0) is 33.6 Å². The Morgan fingerprint density at radius 2 is 2.00 bits per heavy atom. The quantitative estimate of drug-likeness (QED) is 0.626. The molecule has 1 amide bonds. The lowest BCUT2D eigenvalue weighted by atomic mass is 10.2. The molecule has 1 aliphatic rings. The van der Waals surface area contributed by atoms with Gasteiger partial charge in [0.25, 0.3) is 0 Å². The van der Waals surface area contributed by atoms with Crippen LogP contribution >= 0.6 is 0 Å². The second kappa shape index (κ2) is 8.44. The number of methoxy groups -OCH3 is 1. The van der Waals surface area contributed by atoms with Gasteiger partial charge in [-0.1, -0.05) is 0 Å². The number of nitrogens with one attached hydrogen (secondary N) is 2. The van der Waals surface area contributed by atoms with Gasteiger partial charge in [0.15, 0.2) is 0 Å². The smallest absolute Gasteiger partial charge is 0.407 e. The first-order chi connectivity index (χ1) is 9.40. The Hall–Kier alpha value is -0.850. The molecule has 1 rings (SSSR count). The third kappa shape index (κ3) is 9.12. The summed E-state index contributed by atoms with van der Waals surface area (Å²) in [6.45, 7) is 7.75. The number of carbonyl (C=O) groups excluding carboxylic acids is 1. The van der Waals surface area contributed by atoms with Crippen molar-refractivity contribution >= 4 is 6.09 Å². The maximum atomic E-state index is 11.8. The number of hydrogen-bond acceptors (Lipinski definition) is 5. The lowest BCUT2D eigenvalue weighted by Gasteiger charge is -2.24. The minimum Gasteiger partial charge on any atom is -0.444 e. The summed E-state index contributed by atoms with van der Waals surface area (Å²) < 4.78 is 15.7. The van der Waals surface area contributed by atoms with Crippen molar-refractivity contribution in [3.63, 3.8) is 0 Å². The molecule has 0 aromatic rings. The first-order valence-corrected chi connectivity index (χ1v) is 7.20. The van der Waals surface area contributed by atoms with Crippen LogP contribution in [0.1, 0.15) is 33.6 Å². The zero-order valence-electron chi connectivity index (χ0n) is 13.0. The zero-order chi connectivity index (χ0) is 15.0. The second-order valence-corrected chi connectivity index (χ2v) is 6.09. The van der Waals surface area contributed by atoms with Gasteiger partial charge in [-0.15, -0.1) is 0 Å². The Morgan fingerprint density at radius 1 is 1.30 bits per heavy atom. The molecule has 0 bridgehead atoms. The van der Waals surface area contributed by atoms with Crippen LogP contribution < -0.4 is 10.6 Å². The van der Waals surface area contributed by atoms with Gasteiger partial charge in [-0.2, -0.15) is 0 Å². The molecular weight excluding hydrogens is 260 g/mol. The summed E-state index contributed by atoms with van der Waals surface area (Å²) in [6, 6.07) is 0.499. The van der Waals surface area contributed by atoms with Crippen LogP contribution in [-0.2, 0) is 14.2 Å². The number of ether oxygens (including phenoxy) is 3. The van der Waals surface area contributed by atoms with Crippen molar-refractivity contribution in [1.29, 1.82) is 0 Å². The molecule has 0 heterocycles. The Labute approximate surface area is 121 Å². The number of carbonyl (C=O) groups is 1. The van der Waals surface area contributed by atoms with Crippen molar-refractivity contribution < 1.29 is 19.0 Å². The molecular formula is C14H28N2O4. The topological polar surface area (TPSA) is 68.8 Å². The van der Waals surface area contributed by atoms with E-state index in [1.807, 2.05) is 20.8 Å². The SMILES string of the molecule is COCCOC[C@@H](CNC1CC1)NC(=O)OC(C)(C)C. The highest BCUT2D eigenvalue weighted by molar-refractivity contribution is 5.68. The highest BCUT2D eigenvalue weighted by Crippen LogP contribution is 2.18. The molecule has 2 N–H and O–H groups in total. The Balaban J connectivity index is 2.29. The van der Waals surface area contributed by atoms with Crippen molar-refractivity contribution in [2.75, 3.05) is 33.5 Å². The van der Waals surface area contributed by atoms with E-state index in [4.69, 9.17) is 14.2 Å². The third-order valence-electron chi connectivity index (χ3n) is 2.70. The van der Waals surface area contributed by atoms with Crippen LogP contribution in [0.3, 0.4) is 0 Å². The molecule has 0 aliphatic heterocycles. The van der Waals surface area contributed by atoms with Crippen molar-refractivity contribution in [2.24, 2.45) is 0 Å². The minimum absolute atomic E-state index is 0.0951. The number of hydrogen-bond donors (Lipinski definition) is 2. The molecule has 1 atom stereocenters. The summed E-state index contributed by atoms with van der Waals surface area (Å²) in [5.74, 6) is 0. The van der Waals surface area contributed by atoms with Crippen LogP contribution in [0.5, 0.6) is 0 Å². The number of alkyl carbamates (subject to hydrolysis) is 1. The molecule has 6 nitrogen and oxygen atoms in total. The van der Waals surface area contributed by atoms with Crippen LogP contribution in [0.15, 0.2) is 0 Å². The standard InChI is InChI=1S/C14H28N2O4/c1-14(2,3)20-13(17)16-12(9-15-11-5-6-11)10-19-8-7-18-4/h11-12,15H,5-10H2,1-4H3,(H,16,17)/t12-/m1/s1. The third-order valence-corrected chi connectivity index (χ3v) is 2.70. The molecule has 0 spiro atoms. The van der Waals surface area contributed by atoms with E-state index in [0.29, 0.717) is 32.4 Å². The molecule has 0 aromatic heterocycles. The van der Waals surface area contributed by atoms with Crippen LogP contribution in [0.4, 0.5) is 4.79 Å². The average Bonchev–Trinajstić information content (AvgIpc) is 3.12. The molecule has 6 heteroatoms. The average molecular weight is 288 g/mol. The largest absolute Gasteiger partial charge is 0.444 e. The molecule has 118 valence electrons. The lowest BCUT2D eigenvalue weighted by Crippen LogP contribution is -2.47. The highest BCUT2D eigenvalue weighted by atomic mass is 16.6. The van der Waals surface area contributed by atoms with Gasteiger partial charge in [-0.25, -0.2) is 4.79 Å². The predicted molar refractivity (Wildman–Crippen MR) is 76.9 cm³/mol. The van der Waals surface area contributed by atoms with Gasteiger partial charge >= 0.3 is 6.09 Å². The fourth-order valence-electron chi connectivity index (χ4n) is 1.59. The first-order valence-electron chi connectivity index (χ1n) is 7.20. The molecule has 1 fully saturated rings. The monoisotopic (exact) mass is 288 g/mol. The van der Waals surface area contributed by atoms with E-state index in [9.17, 15) is 4.79 Å². The van der Waals surface area contributed by atoms with Gasteiger partial charge < -0.3 is 24.8 Å². The van der Waals surface area contributed by atoms with Gasteiger partial charge in [0.1, 0.15) is 5.60 Å². The Morgan fingerprint density at radius 3 is 2.55 bits per heavy atom. The van der Waals surface area contributed by atoms with Crippen molar-refractivity contribution in [3.05, 3.63) is 0 Å². The van der Waals surface area contributed by atoms with Gasteiger partial charge in [0, 0.05) is 19.7 Å². The van der Waals surface area contributed by atoms with Gasteiger partial charge in [0.05, 0.1) is 25.9 Å². The maximum absolute atomic E-state index is 11.8. The molecule has 1 saturated carbocycles. The van der Waals surface area contributed by atoms with E-state index in [1.54, 1.807) is 7.11 Å². The molecule has 0 unspecified atom stereocenters. The first kappa shape index (κ1) is 17.2. The molecule has 0 radical (unpaired) electrons. The van der Waals surface area contributed by atoms with E-state index >= 15 is 0 Å². The highest BCUT2D eigenvalue weighted by Gasteiger charge is 2.24. The van der Waals surface area contributed by atoms with E-state index in [2.05, 4.69) is 10.6 Å². The van der Waals surface area contributed by atoms with Crippen LogP contribution in [-0.4, -0.2) is 57.3 Å². The fraction of sp³-hybridized carbons (Fsp3) is 0.929. The summed E-state index contributed by atoms with van der Waals surface area (Å²) in [7, 11) is 1.63. The van der Waals surface area contributed by atoms with E-state index in [0.717, 1.165) is 0 Å². The van der Waals surface area contributed by atoms with E-state index < -0.39 is 11.7 Å². The fourth-order valence-corrected chi connectivity index (χ4v) is 1.59. The molecule has 1 aliphatic carbocycles. The van der Waals surface area contributed by atoms with Gasteiger partial charge in [-0.3, -0.25) is 0 Å². The minimum atomic E-state index is -0.491. The van der Waals surface area contributed by atoms with Crippen molar-refractivity contribution in [1.82, 2.24) is 10.6 Å². The number of amides is 1. The van der Waals surface area contributed by atoms with Crippen molar-refractivity contribution in [3.8, 4) is 0 Å². The summed E-state index contributed by atoms with van der Waals surface area (Å²) in [5.41, 5.74) is -0.491. The summed E-state index contributed by atoms with van der Waals surface area (Å²) in [4.78, 5) is 11.8. The maximum Gasteiger partial charge on any atom is 0.407 e. The molecule has 20 heavy (non-hydrogen) atoms. The summed E-state index contributed by atoms with van der Waals surface area (Å²) in [6.07, 6.45) is 2.02. The Kier molecular flexibility index (Phi) is 7.26. The molecule has 0 aromatic carbocycles. The Bertz CT molecular complexity index is 287. The van der Waals surface area contributed by atoms with Crippen LogP contribution in [0.25, 0.3) is 0 Å². The van der Waals surface area contributed by atoms with Crippen LogP contribution in [0.2, 0.25) is 0 Å². The predicted octanol–water partition coefficient (Wildman–Crippen LogP) is 1.29. The zero-order valence-corrected chi connectivity index (χ0v) is 13.0. The normalized spacial score (nSPS) is 16.8. The molecule has 0 saturated heterocycles. The van der Waals surface area contributed by atoms with E-state index in [-0.39, 0.29) is 6.04 Å². The van der Waals surface area contributed by atoms with Crippen molar-refractivity contribution in [2.45, 2.75) is 51.3 Å². The van der Waals surface area contributed by atoms with Crippen LogP contribution in [0, 0.1) is 0 Å². The second-order valence-electron chi connectivity index (χ2n) is 6.09. The lowest BCUT2D eigenvalue weighted by molar-refractivity contribution is 0.0372. The number of rotatable bonds is 9. The van der Waals surface area contributed by atoms with E-state index in [1.165, 1.54) is 12.8 Å². The summed E-state index contributed by atoms with van der Waals surface area (Å²) >= 11 is 0. The summed E-state index contributed by atoms with van der Waals surface area (Å²) in [5, 5.41) is 6.23.